The maximum Gasteiger partial charge on any atom is 0.185 e. The molecule has 2 aromatic carbocycles. The molecule has 0 atom stereocenters. The molecule has 0 bridgehead atoms. The van der Waals surface area contributed by atoms with Gasteiger partial charge in [-0.2, -0.15) is 5.10 Å². The van der Waals surface area contributed by atoms with Crippen LogP contribution in [0.2, 0.25) is 0 Å². The van der Waals surface area contributed by atoms with Gasteiger partial charge in [0, 0.05) is 5.39 Å². The second-order valence-corrected chi connectivity index (χ2v) is 5.33. The Morgan fingerprint density at radius 1 is 0.957 bits per heavy atom. The van der Waals surface area contributed by atoms with Crippen molar-refractivity contribution in [1.29, 1.82) is 0 Å². The molecule has 0 radical (unpaired) electrons. The summed E-state index contributed by atoms with van der Waals surface area (Å²) in [4.78, 5) is 10.8. The lowest BCUT2D eigenvalue weighted by Crippen LogP contribution is -2.01. The van der Waals surface area contributed by atoms with Gasteiger partial charge in [0.1, 0.15) is 5.69 Å². The molecule has 0 unspecified atom stereocenters. The first-order valence-corrected chi connectivity index (χ1v) is 7.40. The van der Waals surface area contributed by atoms with Crippen molar-refractivity contribution in [1.82, 2.24) is 9.78 Å². The molecule has 23 heavy (non-hydrogen) atoms. The van der Waals surface area contributed by atoms with Crippen LogP contribution in [0.25, 0.3) is 22.4 Å². The first-order chi connectivity index (χ1) is 11.3. The third-order valence-electron chi connectivity index (χ3n) is 3.81. The fourth-order valence-corrected chi connectivity index (χ4v) is 2.73. The molecule has 112 valence electrons. The first kappa shape index (κ1) is 13.5. The SMILES string of the molecule is O=Cc1ccc(-c2nn(Cc3ccccc3)c3ccccc23)o1. The van der Waals surface area contributed by atoms with Gasteiger partial charge in [0.05, 0.1) is 12.1 Å². The Kier molecular flexibility index (Phi) is 3.27. The number of aromatic nitrogens is 2. The maximum absolute atomic E-state index is 10.8. The molecule has 4 aromatic rings. The van der Waals surface area contributed by atoms with E-state index in [2.05, 4.69) is 12.1 Å². The number of para-hydroxylation sites is 1. The van der Waals surface area contributed by atoms with Crippen molar-refractivity contribution in [3.05, 3.63) is 78.1 Å². The van der Waals surface area contributed by atoms with Crippen molar-refractivity contribution in [2.45, 2.75) is 6.54 Å². The fourth-order valence-electron chi connectivity index (χ4n) is 2.73. The molecule has 0 spiro atoms. The Labute approximate surface area is 133 Å². The summed E-state index contributed by atoms with van der Waals surface area (Å²) in [7, 11) is 0. The van der Waals surface area contributed by atoms with E-state index < -0.39 is 0 Å². The summed E-state index contributed by atoms with van der Waals surface area (Å²) in [5, 5.41) is 5.72. The van der Waals surface area contributed by atoms with Gasteiger partial charge in [-0.05, 0) is 23.8 Å². The highest BCUT2D eigenvalue weighted by Crippen LogP contribution is 2.29. The highest BCUT2D eigenvalue weighted by Gasteiger charge is 2.15. The summed E-state index contributed by atoms with van der Waals surface area (Å²) in [6.07, 6.45) is 0.701. The van der Waals surface area contributed by atoms with E-state index in [0.717, 1.165) is 16.6 Å². The van der Waals surface area contributed by atoms with Gasteiger partial charge in [0.15, 0.2) is 17.8 Å². The molecular weight excluding hydrogens is 288 g/mol. The van der Waals surface area contributed by atoms with E-state index in [0.29, 0.717) is 24.4 Å². The average Bonchev–Trinajstić information content (AvgIpc) is 3.21. The van der Waals surface area contributed by atoms with Gasteiger partial charge >= 0.3 is 0 Å². The van der Waals surface area contributed by atoms with Gasteiger partial charge in [0.2, 0.25) is 0 Å². The van der Waals surface area contributed by atoms with E-state index in [1.807, 2.05) is 47.1 Å². The number of nitrogens with zero attached hydrogens (tertiary/aromatic N) is 2. The van der Waals surface area contributed by atoms with Crippen LogP contribution in [0.3, 0.4) is 0 Å². The van der Waals surface area contributed by atoms with Crippen LogP contribution in [0.4, 0.5) is 0 Å². The number of furan rings is 1. The number of carbonyl (C=O) groups excluding carboxylic acids is 1. The average molecular weight is 302 g/mol. The summed E-state index contributed by atoms with van der Waals surface area (Å²) >= 11 is 0. The summed E-state index contributed by atoms with van der Waals surface area (Å²) < 4.78 is 7.51. The standard InChI is InChI=1S/C19H14N2O2/c22-13-15-10-11-18(23-15)19-16-8-4-5-9-17(16)21(20-19)12-14-6-2-1-3-7-14/h1-11,13H,12H2. The third-order valence-corrected chi connectivity index (χ3v) is 3.81. The monoisotopic (exact) mass is 302 g/mol. The quantitative estimate of drug-likeness (QED) is 0.532. The van der Waals surface area contributed by atoms with Crippen molar-refractivity contribution < 1.29 is 9.21 Å². The lowest BCUT2D eigenvalue weighted by molar-refractivity contribution is 0.110. The predicted molar refractivity (Wildman–Crippen MR) is 88.4 cm³/mol. The van der Waals surface area contributed by atoms with Crippen molar-refractivity contribution in [3.8, 4) is 11.5 Å². The highest BCUT2D eigenvalue weighted by atomic mass is 16.3. The predicted octanol–water partition coefficient (Wildman–Crippen LogP) is 4.16. The molecule has 0 aliphatic heterocycles. The van der Waals surface area contributed by atoms with Gasteiger partial charge < -0.3 is 4.42 Å². The van der Waals surface area contributed by atoms with Gasteiger partial charge in [-0.1, -0.05) is 48.5 Å². The van der Waals surface area contributed by atoms with Crippen LogP contribution in [0.5, 0.6) is 0 Å². The van der Waals surface area contributed by atoms with E-state index in [-0.39, 0.29) is 0 Å². The molecular formula is C19H14N2O2. The summed E-state index contributed by atoms with van der Waals surface area (Å²) in [5.74, 6) is 0.914. The maximum atomic E-state index is 10.8. The molecule has 2 aromatic heterocycles. The zero-order chi connectivity index (χ0) is 15.6. The van der Waals surface area contributed by atoms with Crippen LogP contribution in [0.15, 0.2) is 71.1 Å². The molecule has 4 rings (SSSR count). The Balaban J connectivity index is 1.84. The van der Waals surface area contributed by atoms with Crippen molar-refractivity contribution in [2.24, 2.45) is 0 Å². The first-order valence-electron chi connectivity index (χ1n) is 7.40. The Morgan fingerprint density at radius 2 is 1.74 bits per heavy atom. The Hall–Kier alpha value is -3.14. The van der Waals surface area contributed by atoms with Crippen LogP contribution in [0.1, 0.15) is 16.1 Å². The number of rotatable bonds is 4. The van der Waals surface area contributed by atoms with E-state index >= 15 is 0 Å². The number of hydrogen-bond acceptors (Lipinski definition) is 3. The van der Waals surface area contributed by atoms with Gasteiger partial charge in [-0.15, -0.1) is 0 Å². The zero-order valence-electron chi connectivity index (χ0n) is 12.3. The Morgan fingerprint density at radius 3 is 2.52 bits per heavy atom. The molecule has 0 aliphatic rings. The second-order valence-electron chi connectivity index (χ2n) is 5.33. The molecule has 0 fully saturated rings. The topological polar surface area (TPSA) is 48.0 Å². The molecule has 0 N–H and O–H groups in total. The molecule has 2 heterocycles. The highest BCUT2D eigenvalue weighted by molar-refractivity contribution is 5.92. The van der Waals surface area contributed by atoms with Crippen LogP contribution in [-0.4, -0.2) is 16.1 Å². The molecule has 0 amide bonds. The lowest BCUT2D eigenvalue weighted by Gasteiger charge is -2.03. The minimum Gasteiger partial charge on any atom is -0.452 e. The largest absolute Gasteiger partial charge is 0.452 e. The summed E-state index contributed by atoms with van der Waals surface area (Å²) in [6, 6.07) is 21.7. The van der Waals surface area contributed by atoms with Crippen molar-refractivity contribution >= 4 is 17.2 Å². The molecule has 4 nitrogen and oxygen atoms in total. The lowest BCUT2D eigenvalue weighted by atomic mass is 10.2. The number of benzene rings is 2. The minimum atomic E-state index is 0.307. The summed E-state index contributed by atoms with van der Waals surface area (Å²) in [5.41, 5.74) is 2.97. The number of fused-ring (bicyclic) bond motifs is 1. The Bertz CT molecular complexity index is 967. The third kappa shape index (κ3) is 2.44. The number of aldehydes is 1. The van der Waals surface area contributed by atoms with Crippen LogP contribution < -0.4 is 0 Å². The van der Waals surface area contributed by atoms with Gasteiger partial charge in [-0.3, -0.25) is 9.48 Å². The molecule has 0 aliphatic carbocycles. The number of carbonyl (C=O) groups is 1. The van der Waals surface area contributed by atoms with Crippen molar-refractivity contribution in [3.63, 3.8) is 0 Å². The smallest absolute Gasteiger partial charge is 0.185 e. The van der Waals surface area contributed by atoms with Gasteiger partial charge in [-0.25, -0.2) is 0 Å². The van der Waals surface area contributed by atoms with E-state index in [4.69, 9.17) is 9.52 Å². The van der Waals surface area contributed by atoms with Gasteiger partial charge in [0.25, 0.3) is 0 Å². The fraction of sp³-hybridized carbons (Fsp3) is 0.0526. The normalized spacial score (nSPS) is 11.0. The second kappa shape index (κ2) is 5.57. The number of hydrogen-bond donors (Lipinski definition) is 0. The molecule has 0 saturated carbocycles. The van der Waals surface area contributed by atoms with Crippen molar-refractivity contribution in [2.75, 3.05) is 0 Å². The van der Waals surface area contributed by atoms with E-state index in [1.54, 1.807) is 12.1 Å². The molecule has 4 heteroatoms. The zero-order valence-corrected chi connectivity index (χ0v) is 12.3. The molecule has 0 saturated heterocycles. The van der Waals surface area contributed by atoms with E-state index in [9.17, 15) is 4.79 Å². The van der Waals surface area contributed by atoms with Crippen LogP contribution in [-0.2, 0) is 6.54 Å². The minimum absolute atomic E-state index is 0.307. The summed E-state index contributed by atoms with van der Waals surface area (Å²) in [6.45, 7) is 0.683. The van der Waals surface area contributed by atoms with Crippen LogP contribution in [0, 0.1) is 0 Å². The van der Waals surface area contributed by atoms with E-state index in [1.165, 1.54) is 5.56 Å². The van der Waals surface area contributed by atoms with Crippen LogP contribution >= 0.6 is 0 Å².